The Bertz CT molecular complexity index is 1660. The number of nitrogens with zero attached hydrogens (tertiary/aromatic N) is 4. The van der Waals surface area contributed by atoms with Gasteiger partial charge in [-0.3, -0.25) is 9.59 Å². The standard InChI is InChI=1S/C38H55N5O6SSi/c1-24(2)33(32-19-29(41-48-32)22-47-37(46)42-17-11-10-12-18-42)36(45)43-21-30(49-51(8,9)38(5,6)7)20-31(43)35(44)40-25(3)27-13-15-28(16-14-27)34-26(4)39-23-50-34/h13-16,19,23-25,30-31,33H,10-12,17-18,20-22H2,1-9H3,(H,40,44)/t25-,30+,31+,33?/m0/s1. The molecule has 5 rings (SSSR count). The number of piperidine rings is 1. The van der Waals surface area contributed by atoms with Gasteiger partial charge in [0.05, 0.1) is 28.2 Å². The third-order valence-electron chi connectivity index (χ3n) is 10.7. The van der Waals surface area contributed by atoms with Crippen LogP contribution in [0.25, 0.3) is 10.4 Å². The van der Waals surface area contributed by atoms with E-state index in [-0.39, 0.29) is 47.6 Å². The summed E-state index contributed by atoms with van der Waals surface area (Å²) in [5.41, 5.74) is 5.33. The molecule has 1 unspecified atom stereocenters. The van der Waals surface area contributed by atoms with Crippen molar-refractivity contribution in [1.29, 1.82) is 0 Å². The number of carbonyl (C=O) groups is 3. The number of nitrogens with one attached hydrogen (secondary N) is 1. The van der Waals surface area contributed by atoms with Crippen LogP contribution in [0.3, 0.4) is 0 Å². The predicted octanol–water partition coefficient (Wildman–Crippen LogP) is 7.84. The molecule has 2 fully saturated rings. The number of hydrogen-bond acceptors (Lipinski definition) is 9. The Kier molecular flexibility index (Phi) is 12.1. The largest absolute Gasteiger partial charge is 0.443 e. The quantitative estimate of drug-likeness (QED) is 0.197. The van der Waals surface area contributed by atoms with Gasteiger partial charge in [-0.1, -0.05) is 64.0 Å². The summed E-state index contributed by atoms with van der Waals surface area (Å²) < 4.78 is 18.1. The Hall–Kier alpha value is -3.55. The molecule has 0 spiro atoms. The minimum absolute atomic E-state index is 0.0330. The first kappa shape index (κ1) is 38.7. The highest BCUT2D eigenvalue weighted by Crippen LogP contribution is 2.40. The molecular weight excluding hydrogens is 683 g/mol. The van der Waals surface area contributed by atoms with Gasteiger partial charge in [-0.25, -0.2) is 9.78 Å². The van der Waals surface area contributed by atoms with E-state index in [0.29, 0.717) is 37.5 Å². The summed E-state index contributed by atoms with van der Waals surface area (Å²) in [6, 6.07) is 8.86. The van der Waals surface area contributed by atoms with E-state index in [1.165, 1.54) is 0 Å². The van der Waals surface area contributed by atoms with Crippen LogP contribution in [0.1, 0.15) is 102 Å². The third kappa shape index (κ3) is 9.09. The number of likely N-dealkylation sites (tertiary alicyclic amines) is 2. The topological polar surface area (TPSA) is 127 Å². The molecule has 0 bridgehead atoms. The fourth-order valence-corrected chi connectivity index (χ4v) is 8.79. The van der Waals surface area contributed by atoms with Crippen molar-refractivity contribution in [3.8, 4) is 10.4 Å². The molecule has 1 N–H and O–H groups in total. The molecule has 0 radical (unpaired) electrons. The fraction of sp³-hybridized carbons (Fsp3) is 0.605. The zero-order valence-corrected chi connectivity index (χ0v) is 33.5. The fourth-order valence-electron chi connectivity index (χ4n) is 6.62. The molecule has 4 heterocycles. The van der Waals surface area contributed by atoms with Gasteiger partial charge in [0.15, 0.2) is 8.32 Å². The van der Waals surface area contributed by atoms with Crippen LogP contribution >= 0.6 is 11.3 Å². The summed E-state index contributed by atoms with van der Waals surface area (Å²) in [6.45, 7) is 20.4. The Morgan fingerprint density at radius 2 is 1.76 bits per heavy atom. The van der Waals surface area contributed by atoms with E-state index in [2.05, 4.69) is 61.5 Å². The molecule has 1 aromatic carbocycles. The lowest BCUT2D eigenvalue weighted by atomic mass is 9.91. The van der Waals surface area contributed by atoms with Crippen molar-refractivity contribution in [3.05, 3.63) is 58.6 Å². The van der Waals surface area contributed by atoms with Gasteiger partial charge in [0.25, 0.3) is 0 Å². The normalized spacial score (nSPS) is 19.6. The smallest absolute Gasteiger partial charge is 0.410 e. The average molecular weight is 738 g/mol. The molecule has 0 saturated carbocycles. The summed E-state index contributed by atoms with van der Waals surface area (Å²) in [6.07, 6.45) is 2.81. The van der Waals surface area contributed by atoms with E-state index in [1.54, 1.807) is 27.2 Å². The summed E-state index contributed by atoms with van der Waals surface area (Å²) in [5, 5.41) is 7.31. The second-order valence-electron chi connectivity index (χ2n) is 15.9. The van der Waals surface area contributed by atoms with Crippen LogP contribution in [0.4, 0.5) is 4.79 Å². The van der Waals surface area contributed by atoms with Crippen LogP contribution in [0.5, 0.6) is 0 Å². The Morgan fingerprint density at radius 1 is 1.08 bits per heavy atom. The van der Waals surface area contributed by atoms with Crippen molar-refractivity contribution in [2.24, 2.45) is 5.92 Å². The number of aromatic nitrogens is 2. The van der Waals surface area contributed by atoms with Gasteiger partial charge in [0.2, 0.25) is 11.8 Å². The number of rotatable bonds is 11. The first-order valence-electron chi connectivity index (χ1n) is 18.2. The lowest BCUT2D eigenvalue weighted by molar-refractivity contribution is -0.141. The van der Waals surface area contributed by atoms with Crippen molar-refractivity contribution in [2.45, 2.75) is 123 Å². The summed E-state index contributed by atoms with van der Waals surface area (Å²) in [4.78, 5) is 50.1. The van der Waals surface area contributed by atoms with Gasteiger partial charge < -0.3 is 28.8 Å². The van der Waals surface area contributed by atoms with Gasteiger partial charge in [-0.2, -0.15) is 0 Å². The van der Waals surface area contributed by atoms with Gasteiger partial charge in [-0.15, -0.1) is 11.3 Å². The minimum Gasteiger partial charge on any atom is -0.443 e. The highest BCUT2D eigenvalue weighted by molar-refractivity contribution is 7.13. The molecule has 2 aliphatic rings. The molecule has 51 heavy (non-hydrogen) atoms. The molecule has 278 valence electrons. The molecule has 4 atom stereocenters. The van der Waals surface area contributed by atoms with Gasteiger partial charge in [-0.05, 0) is 68.3 Å². The van der Waals surface area contributed by atoms with E-state index in [9.17, 15) is 14.4 Å². The number of benzene rings is 1. The Labute approximate surface area is 307 Å². The molecule has 0 aliphatic carbocycles. The summed E-state index contributed by atoms with van der Waals surface area (Å²) >= 11 is 1.61. The first-order valence-corrected chi connectivity index (χ1v) is 22.0. The first-order chi connectivity index (χ1) is 24.1. The summed E-state index contributed by atoms with van der Waals surface area (Å²) in [5.74, 6) is -0.887. The second-order valence-corrected chi connectivity index (χ2v) is 21.5. The highest BCUT2D eigenvalue weighted by atomic mass is 32.1. The van der Waals surface area contributed by atoms with Gasteiger partial charge >= 0.3 is 6.09 Å². The Morgan fingerprint density at radius 3 is 2.37 bits per heavy atom. The Balaban J connectivity index is 1.32. The molecule has 2 aromatic heterocycles. The number of thiazole rings is 1. The monoisotopic (exact) mass is 737 g/mol. The van der Waals surface area contributed by atoms with Gasteiger partial charge in [0, 0.05) is 32.1 Å². The van der Waals surface area contributed by atoms with Crippen LogP contribution in [0.2, 0.25) is 18.1 Å². The van der Waals surface area contributed by atoms with Crippen LogP contribution in [0.15, 0.2) is 40.4 Å². The highest BCUT2D eigenvalue weighted by Gasteiger charge is 2.47. The molecule has 11 nitrogen and oxygen atoms in total. The van der Waals surface area contributed by atoms with E-state index in [4.69, 9.17) is 13.7 Å². The van der Waals surface area contributed by atoms with Crippen molar-refractivity contribution < 1.29 is 28.1 Å². The van der Waals surface area contributed by atoms with Crippen molar-refractivity contribution >= 4 is 37.6 Å². The minimum atomic E-state index is -2.20. The maximum Gasteiger partial charge on any atom is 0.410 e. The predicted molar refractivity (Wildman–Crippen MR) is 201 cm³/mol. The van der Waals surface area contributed by atoms with Crippen molar-refractivity contribution in [3.63, 3.8) is 0 Å². The number of ether oxygens (including phenoxy) is 1. The van der Waals surface area contributed by atoms with Crippen LogP contribution < -0.4 is 5.32 Å². The number of aryl methyl sites for hydroxylation is 1. The average Bonchev–Trinajstić information content (AvgIpc) is 3.83. The zero-order valence-electron chi connectivity index (χ0n) is 31.7. The van der Waals surface area contributed by atoms with Crippen LogP contribution in [-0.2, 0) is 25.4 Å². The van der Waals surface area contributed by atoms with Gasteiger partial charge in [0.1, 0.15) is 30.0 Å². The van der Waals surface area contributed by atoms with Crippen LogP contribution in [0, 0.1) is 12.8 Å². The number of hydrogen-bond donors (Lipinski definition) is 1. The number of amides is 3. The molecule has 3 amide bonds. The van der Waals surface area contributed by atoms with Crippen LogP contribution in [-0.4, -0.2) is 77.9 Å². The lowest BCUT2D eigenvalue weighted by Crippen LogP contribution is -2.48. The van der Waals surface area contributed by atoms with E-state index >= 15 is 0 Å². The molecule has 2 saturated heterocycles. The number of carbonyl (C=O) groups excluding carboxylic acids is 3. The van der Waals surface area contributed by atoms with Crippen molar-refractivity contribution in [1.82, 2.24) is 25.3 Å². The SMILES string of the molecule is Cc1ncsc1-c1ccc([C@H](C)NC(=O)[C@H]2C[C@@H](O[Si](C)(C)C(C)(C)C)CN2C(=O)C(c2cc(COC(=O)N3CCCCC3)no2)C(C)C)cc1. The summed E-state index contributed by atoms with van der Waals surface area (Å²) in [7, 11) is -2.20. The van der Waals surface area contributed by atoms with E-state index in [0.717, 1.165) is 41.0 Å². The molecular formula is C38H55N5O6SSi. The van der Waals surface area contributed by atoms with E-state index in [1.807, 2.05) is 45.3 Å². The molecule has 3 aromatic rings. The van der Waals surface area contributed by atoms with Crippen molar-refractivity contribution in [2.75, 3.05) is 19.6 Å². The zero-order chi connectivity index (χ0) is 37.1. The third-order valence-corrected chi connectivity index (χ3v) is 16.2. The molecule has 2 aliphatic heterocycles. The lowest BCUT2D eigenvalue weighted by Gasteiger charge is -2.38. The maximum absolute atomic E-state index is 14.5. The molecule has 13 heteroatoms. The maximum atomic E-state index is 14.5. The van der Waals surface area contributed by atoms with E-state index < -0.39 is 20.3 Å². The second kappa shape index (κ2) is 16.0.